The Hall–Kier alpha value is -2.77. The molecule has 1 aromatic carbocycles. The van der Waals surface area contributed by atoms with Crippen molar-refractivity contribution in [2.45, 2.75) is 31.4 Å². The number of likely N-dealkylation sites (tertiary alicyclic amines) is 1. The molecule has 1 aliphatic heterocycles. The number of aryl methyl sites for hydroxylation is 1. The maximum atomic E-state index is 11.7. The van der Waals surface area contributed by atoms with Gasteiger partial charge in [0.15, 0.2) is 5.82 Å². The Kier molecular flexibility index (Phi) is 5.24. The SMILES string of the molecule is COc1ccc(-c2ncc(CN3C[C@@H]4CCC[C@@H](C3)C4(O)c3nccn3C)cn2)cc1. The molecule has 2 aromatic heterocycles. The lowest BCUT2D eigenvalue weighted by atomic mass is 9.65. The van der Waals surface area contributed by atoms with E-state index in [1.807, 2.05) is 54.5 Å². The second-order valence-electron chi connectivity index (χ2n) is 8.85. The fourth-order valence-corrected chi connectivity index (χ4v) is 5.37. The Labute approximate surface area is 182 Å². The van der Waals surface area contributed by atoms with Crippen molar-refractivity contribution in [1.82, 2.24) is 24.4 Å². The van der Waals surface area contributed by atoms with Crippen molar-refractivity contribution in [3.05, 3.63) is 60.4 Å². The van der Waals surface area contributed by atoms with Gasteiger partial charge in [0, 0.05) is 74.4 Å². The van der Waals surface area contributed by atoms with Crippen LogP contribution in [0.2, 0.25) is 0 Å². The van der Waals surface area contributed by atoms with Crippen LogP contribution in [0.5, 0.6) is 5.75 Å². The summed E-state index contributed by atoms with van der Waals surface area (Å²) in [4.78, 5) is 16.1. The van der Waals surface area contributed by atoms with E-state index in [1.54, 1.807) is 13.3 Å². The normalized spacial score (nSPS) is 26.0. The van der Waals surface area contributed by atoms with Gasteiger partial charge in [0.05, 0.1) is 7.11 Å². The summed E-state index contributed by atoms with van der Waals surface area (Å²) in [6, 6.07) is 7.78. The smallest absolute Gasteiger partial charge is 0.159 e. The molecule has 2 aliphatic rings. The van der Waals surface area contributed by atoms with E-state index in [2.05, 4.69) is 19.9 Å². The molecule has 2 bridgehead atoms. The molecule has 1 saturated heterocycles. The fourth-order valence-electron chi connectivity index (χ4n) is 5.37. The minimum atomic E-state index is -0.832. The van der Waals surface area contributed by atoms with Crippen LogP contribution in [-0.2, 0) is 19.2 Å². The molecule has 0 amide bonds. The zero-order chi connectivity index (χ0) is 21.4. The second-order valence-corrected chi connectivity index (χ2v) is 8.85. The lowest BCUT2D eigenvalue weighted by Gasteiger charge is -2.52. The van der Waals surface area contributed by atoms with Crippen LogP contribution in [0.25, 0.3) is 11.4 Å². The van der Waals surface area contributed by atoms with Crippen LogP contribution in [0.4, 0.5) is 0 Å². The summed E-state index contributed by atoms with van der Waals surface area (Å²) < 4.78 is 7.19. The lowest BCUT2D eigenvalue weighted by molar-refractivity contribution is -0.155. The highest BCUT2D eigenvalue weighted by molar-refractivity contribution is 5.55. The van der Waals surface area contributed by atoms with Crippen molar-refractivity contribution in [2.75, 3.05) is 20.2 Å². The van der Waals surface area contributed by atoms with Crippen LogP contribution in [0.3, 0.4) is 0 Å². The summed E-state index contributed by atoms with van der Waals surface area (Å²) in [5.74, 6) is 2.74. The van der Waals surface area contributed by atoms with E-state index in [9.17, 15) is 5.11 Å². The van der Waals surface area contributed by atoms with E-state index in [4.69, 9.17) is 4.74 Å². The average Bonchev–Trinajstić information content (AvgIpc) is 3.22. The summed E-state index contributed by atoms with van der Waals surface area (Å²) >= 11 is 0. The molecule has 1 N–H and O–H groups in total. The lowest BCUT2D eigenvalue weighted by Crippen LogP contribution is -2.58. The number of hydrogen-bond acceptors (Lipinski definition) is 6. The summed E-state index contributed by atoms with van der Waals surface area (Å²) in [5.41, 5.74) is 1.24. The van der Waals surface area contributed by atoms with E-state index in [-0.39, 0.29) is 11.8 Å². The van der Waals surface area contributed by atoms with E-state index >= 15 is 0 Å². The van der Waals surface area contributed by atoms with E-state index < -0.39 is 5.60 Å². The van der Waals surface area contributed by atoms with Gasteiger partial charge in [0.2, 0.25) is 0 Å². The van der Waals surface area contributed by atoms with Gasteiger partial charge in [-0.15, -0.1) is 0 Å². The largest absolute Gasteiger partial charge is 0.497 e. The fraction of sp³-hybridized carbons (Fsp3) is 0.458. The van der Waals surface area contributed by atoms with Crippen LogP contribution in [0, 0.1) is 11.8 Å². The Morgan fingerprint density at radius 3 is 2.32 bits per heavy atom. The number of methoxy groups -OCH3 is 1. The Morgan fingerprint density at radius 1 is 1.06 bits per heavy atom. The van der Waals surface area contributed by atoms with E-state index in [0.717, 1.165) is 55.2 Å². The molecule has 31 heavy (non-hydrogen) atoms. The molecule has 0 spiro atoms. The minimum Gasteiger partial charge on any atom is -0.497 e. The van der Waals surface area contributed by atoms with Crippen LogP contribution in [0.15, 0.2) is 49.1 Å². The molecule has 2 atom stereocenters. The van der Waals surface area contributed by atoms with Crippen LogP contribution >= 0.6 is 0 Å². The van der Waals surface area contributed by atoms with E-state index in [1.165, 1.54) is 6.42 Å². The first-order valence-corrected chi connectivity index (χ1v) is 11.0. The monoisotopic (exact) mass is 419 g/mol. The van der Waals surface area contributed by atoms with Crippen molar-refractivity contribution < 1.29 is 9.84 Å². The molecule has 0 unspecified atom stereocenters. The van der Waals surface area contributed by atoms with Crippen molar-refractivity contribution in [3.63, 3.8) is 0 Å². The Morgan fingerprint density at radius 2 is 1.74 bits per heavy atom. The maximum Gasteiger partial charge on any atom is 0.159 e. The number of hydrogen-bond donors (Lipinski definition) is 1. The van der Waals surface area contributed by atoms with Gasteiger partial charge in [-0.25, -0.2) is 15.0 Å². The van der Waals surface area contributed by atoms with Crippen LogP contribution < -0.4 is 4.74 Å². The van der Waals surface area contributed by atoms with Crippen molar-refractivity contribution in [2.24, 2.45) is 18.9 Å². The third-order valence-corrected chi connectivity index (χ3v) is 6.95. The predicted molar refractivity (Wildman–Crippen MR) is 117 cm³/mol. The highest BCUT2D eigenvalue weighted by Crippen LogP contribution is 2.48. The first-order chi connectivity index (χ1) is 15.1. The molecule has 7 heteroatoms. The zero-order valence-corrected chi connectivity index (χ0v) is 18.1. The molecule has 3 heterocycles. The number of piperidine rings is 1. The Balaban J connectivity index is 1.30. The molecule has 3 aromatic rings. The molecule has 162 valence electrons. The van der Waals surface area contributed by atoms with Crippen molar-refractivity contribution in [3.8, 4) is 17.1 Å². The minimum absolute atomic E-state index is 0.195. The summed E-state index contributed by atoms with van der Waals surface area (Å²) in [7, 11) is 3.64. The Bertz CT molecular complexity index is 1020. The van der Waals surface area contributed by atoms with Gasteiger partial charge < -0.3 is 14.4 Å². The number of aliphatic hydroxyl groups is 1. The molecule has 1 saturated carbocycles. The van der Waals surface area contributed by atoms with Gasteiger partial charge in [-0.05, 0) is 37.1 Å². The first-order valence-electron chi connectivity index (χ1n) is 11.0. The number of fused-ring (bicyclic) bond motifs is 2. The third kappa shape index (κ3) is 3.62. The highest BCUT2D eigenvalue weighted by atomic mass is 16.5. The van der Waals surface area contributed by atoms with Gasteiger partial charge in [-0.2, -0.15) is 0 Å². The van der Waals surface area contributed by atoms with Gasteiger partial charge in [-0.3, -0.25) is 4.90 Å². The average molecular weight is 420 g/mol. The number of ether oxygens (including phenoxy) is 1. The molecule has 1 aliphatic carbocycles. The molecule has 0 radical (unpaired) electrons. The summed E-state index contributed by atoms with van der Waals surface area (Å²) in [6.45, 7) is 2.52. The second kappa shape index (κ2) is 8.05. The summed E-state index contributed by atoms with van der Waals surface area (Å²) in [5, 5.41) is 11.7. The number of rotatable bonds is 5. The number of aromatic nitrogens is 4. The van der Waals surface area contributed by atoms with Gasteiger partial charge in [-0.1, -0.05) is 6.42 Å². The van der Waals surface area contributed by atoms with Crippen LogP contribution in [0.1, 0.15) is 30.7 Å². The van der Waals surface area contributed by atoms with Crippen molar-refractivity contribution >= 4 is 0 Å². The van der Waals surface area contributed by atoms with Gasteiger partial charge >= 0.3 is 0 Å². The molecule has 2 fully saturated rings. The van der Waals surface area contributed by atoms with Crippen molar-refractivity contribution in [1.29, 1.82) is 0 Å². The highest BCUT2D eigenvalue weighted by Gasteiger charge is 2.53. The topological polar surface area (TPSA) is 76.3 Å². The summed E-state index contributed by atoms with van der Waals surface area (Å²) in [6.07, 6.45) is 10.8. The van der Waals surface area contributed by atoms with Gasteiger partial charge in [0.1, 0.15) is 17.2 Å². The number of nitrogens with zero attached hydrogens (tertiary/aromatic N) is 5. The third-order valence-electron chi connectivity index (χ3n) is 6.95. The molecular formula is C24H29N5O2. The molecule has 7 nitrogen and oxygen atoms in total. The molecular weight excluding hydrogens is 390 g/mol. The first kappa shape index (κ1) is 20.2. The standard InChI is InChI=1S/C24H29N5O2/c1-28-11-10-25-23(28)24(30)19-4-3-5-20(24)16-29(15-19)14-17-12-26-22(27-13-17)18-6-8-21(31-2)9-7-18/h6-13,19-20,30H,3-5,14-16H2,1-2H3/t19-,20-/m0/s1. The van der Waals surface area contributed by atoms with E-state index in [0.29, 0.717) is 5.82 Å². The zero-order valence-electron chi connectivity index (χ0n) is 18.1. The maximum absolute atomic E-state index is 11.7. The predicted octanol–water partition coefficient (Wildman–Crippen LogP) is 3.01. The number of imidazole rings is 1. The quantitative estimate of drug-likeness (QED) is 0.685. The van der Waals surface area contributed by atoms with Gasteiger partial charge in [0.25, 0.3) is 0 Å². The molecule has 5 rings (SSSR count). The number of benzene rings is 1. The van der Waals surface area contributed by atoms with Crippen LogP contribution in [-0.4, -0.2) is 49.7 Å².